The normalized spacial score (nSPS) is 14.8. The first kappa shape index (κ1) is 21.5. The van der Waals surface area contributed by atoms with E-state index in [9.17, 15) is 23.1 Å². The lowest BCUT2D eigenvalue weighted by atomic mass is 10.3. The number of hydrazine groups is 1. The van der Waals surface area contributed by atoms with Crippen LogP contribution in [0.15, 0.2) is 36.5 Å². The van der Waals surface area contributed by atoms with Gasteiger partial charge in [-0.25, -0.2) is 23.3 Å². The highest BCUT2D eigenvalue weighted by molar-refractivity contribution is 7.89. The molecule has 1 aliphatic heterocycles. The number of carbonyl (C=O) groups excluding carboxylic acids is 2. The zero-order chi connectivity index (χ0) is 21.6. The van der Waals surface area contributed by atoms with Gasteiger partial charge in [0.15, 0.2) is 11.4 Å². The summed E-state index contributed by atoms with van der Waals surface area (Å²) in [5.74, 6) is -1.48. The van der Waals surface area contributed by atoms with Gasteiger partial charge in [-0.1, -0.05) is 18.2 Å². The lowest BCUT2D eigenvalue weighted by Crippen LogP contribution is -2.49. The third-order valence-electron chi connectivity index (χ3n) is 4.23. The molecular formula is C17H22N6O6S. The summed E-state index contributed by atoms with van der Waals surface area (Å²) in [4.78, 5) is 23.9. The van der Waals surface area contributed by atoms with Gasteiger partial charge in [0, 0.05) is 19.6 Å². The zero-order valence-electron chi connectivity index (χ0n) is 15.9. The quantitative estimate of drug-likeness (QED) is 0.430. The van der Waals surface area contributed by atoms with E-state index in [0.29, 0.717) is 18.9 Å². The lowest BCUT2D eigenvalue weighted by Gasteiger charge is -2.26. The van der Waals surface area contributed by atoms with Crippen LogP contribution in [0.4, 0.5) is 4.79 Å². The van der Waals surface area contributed by atoms with Crippen LogP contribution in [0.5, 0.6) is 5.75 Å². The Morgan fingerprint density at radius 2 is 1.83 bits per heavy atom. The molecule has 1 fully saturated rings. The maximum absolute atomic E-state index is 12.2. The van der Waals surface area contributed by atoms with Crippen molar-refractivity contribution in [1.29, 1.82) is 0 Å². The monoisotopic (exact) mass is 438 g/mol. The third-order valence-corrected chi connectivity index (χ3v) is 6.10. The van der Waals surface area contributed by atoms with Gasteiger partial charge in [0.1, 0.15) is 0 Å². The molecule has 0 radical (unpaired) electrons. The largest absolute Gasteiger partial charge is 0.504 e. The highest BCUT2D eigenvalue weighted by atomic mass is 32.2. The highest BCUT2D eigenvalue weighted by Gasteiger charge is 2.24. The van der Waals surface area contributed by atoms with E-state index in [1.54, 1.807) is 24.3 Å². The van der Waals surface area contributed by atoms with Crippen molar-refractivity contribution in [3.63, 3.8) is 0 Å². The number of urea groups is 1. The summed E-state index contributed by atoms with van der Waals surface area (Å²) < 4.78 is 32.1. The molecule has 1 saturated heterocycles. The van der Waals surface area contributed by atoms with Crippen LogP contribution in [-0.4, -0.2) is 78.1 Å². The Kier molecular flexibility index (Phi) is 6.87. The van der Waals surface area contributed by atoms with Gasteiger partial charge in [-0.3, -0.25) is 10.2 Å². The molecule has 4 N–H and O–H groups in total. The molecule has 30 heavy (non-hydrogen) atoms. The van der Waals surface area contributed by atoms with E-state index in [-0.39, 0.29) is 36.8 Å². The highest BCUT2D eigenvalue weighted by Crippen LogP contribution is 2.17. The van der Waals surface area contributed by atoms with Gasteiger partial charge in [-0.15, -0.1) is 0 Å². The molecule has 2 heterocycles. The summed E-state index contributed by atoms with van der Waals surface area (Å²) in [6.45, 7) is 1.10. The number of hydrogen-bond donors (Lipinski definition) is 4. The number of aromatic hydroxyl groups is 1. The van der Waals surface area contributed by atoms with E-state index in [1.807, 2.05) is 6.07 Å². The van der Waals surface area contributed by atoms with Crippen LogP contribution in [0.1, 0.15) is 10.5 Å². The SMILES string of the molecule is O=C(NCCS(=O)(=O)N1CCOCC1)NNC(=O)c1nn(-c2ccccc2)cc1O. The number of sulfonamides is 1. The Balaban J connectivity index is 1.46. The summed E-state index contributed by atoms with van der Waals surface area (Å²) in [6.07, 6.45) is 1.26. The Labute approximate surface area is 172 Å². The number of rotatable bonds is 6. The lowest BCUT2D eigenvalue weighted by molar-refractivity contribution is 0.0730. The molecule has 0 bridgehead atoms. The minimum atomic E-state index is -3.50. The van der Waals surface area contributed by atoms with Gasteiger partial charge in [-0.2, -0.15) is 9.40 Å². The molecule has 0 saturated carbocycles. The van der Waals surface area contributed by atoms with Crippen LogP contribution in [0.2, 0.25) is 0 Å². The Bertz CT molecular complexity index is 987. The summed E-state index contributed by atoms with van der Waals surface area (Å²) in [6, 6.07) is 8.05. The van der Waals surface area contributed by atoms with Gasteiger partial charge in [-0.05, 0) is 12.1 Å². The average molecular weight is 438 g/mol. The number of nitrogens with one attached hydrogen (secondary N) is 3. The summed E-state index contributed by atoms with van der Waals surface area (Å²) in [5, 5.41) is 16.3. The topological polar surface area (TPSA) is 155 Å². The number of amides is 3. The van der Waals surface area contributed by atoms with Gasteiger partial charge in [0.25, 0.3) is 5.91 Å². The minimum Gasteiger partial charge on any atom is -0.504 e. The molecule has 1 aromatic heterocycles. The number of benzene rings is 1. The molecule has 12 nitrogen and oxygen atoms in total. The first-order valence-electron chi connectivity index (χ1n) is 9.10. The first-order chi connectivity index (χ1) is 14.4. The van der Waals surface area contributed by atoms with Gasteiger partial charge < -0.3 is 15.2 Å². The van der Waals surface area contributed by atoms with Crippen molar-refractivity contribution in [2.75, 3.05) is 38.6 Å². The first-order valence-corrected chi connectivity index (χ1v) is 10.7. The second kappa shape index (κ2) is 9.56. The Morgan fingerprint density at radius 1 is 1.13 bits per heavy atom. The van der Waals surface area contributed by atoms with E-state index >= 15 is 0 Å². The predicted octanol–water partition coefficient (Wildman–Crippen LogP) is -0.816. The number of hydrogen-bond acceptors (Lipinski definition) is 7. The van der Waals surface area contributed by atoms with Crippen LogP contribution >= 0.6 is 0 Å². The molecule has 2 aromatic rings. The fourth-order valence-electron chi connectivity index (χ4n) is 2.70. The van der Waals surface area contributed by atoms with Gasteiger partial charge >= 0.3 is 6.03 Å². The van der Waals surface area contributed by atoms with Gasteiger partial charge in [0.05, 0.1) is 30.9 Å². The fourth-order valence-corrected chi connectivity index (χ4v) is 4.03. The molecule has 3 amide bonds. The van der Waals surface area contributed by atoms with Crippen molar-refractivity contribution >= 4 is 22.0 Å². The van der Waals surface area contributed by atoms with Crippen molar-refractivity contribution < 1.29 is 27.9 Å². The van der Waals surface area contributed by atoms with E-state index in [4.69, 9.17) is 4.74 Å². The Hall–Kier alpha value is -3.16. The smallest absolute Gasteiger partial charge is 0.333 e. The molecule has 3 rings (SSSR count). The molecule has 1 aromatic carbocycles. The molecule has 162 valence electrons. The van der Waals surface area contributed by atoms with Crippen molar-refractivity contribution in [3.05, 3.63) is 42.2 Å². The molecular weight excluding hydrogens is 416 g/mol. The third kappa shape index (κ3) is 5.46. The number of nitrogens with zero attached hydrogens (tertiary/aromatic N) is 3. The molecule has 0 unspecified atom stereocenters. The van der Waals surface area contributed by atoms with Crippen LogP contribution in [0.3, 0.4) is 0 Å². The fraction of sp³-hybridized carbons (Fsp3) is 0.353. The van der Waals surface area contributed by atoms with Crippen LogP contribution < -0.4 is 16.2 Å². The average Bonchev–Trinajstić information content (AvgIpc) is 3.15. The summed E-state index contributed by atoms with van der Waals surface area (Å²) >= 11 is 0. The van der Waals surface area contributed by atoms with Gasteiger partial charge in [0.2, 0.25) is 10.0 Å². The van der Waals surface area contributed by atoms with Crippen molar-refractivity contribution in [2.24, 2.45) is 0 Å². The minimum absolute atomic E-state index is 0.144. The Morgan fingerprint density at radius 3 is 2.53 bits per heavy atom. The number of morpholine rings is 1. The van der Waals surface area contributed by atoms with E-state index < -0.39 is 22.0 Å². The maximum atomic E-state index is 12.2. The predicted molar refractivity (Wildman–Crippen MR) is 105 cm³/mol. The molecule has 13 heteroatoms. The van der Waals surface area contributed by atoms with Crippen LogP contribution in [0.25, 0.3) is 5.69 Å². The van der Waals surface area contributed by atoms with E-state index in [2.05, 4.69) is 21.3 Å². The zero-order valence-corrected chi connectivity index (χ0v) is 16.8. The number of ether oxygens (including phenoxy) is 1. The van der Waals surface area contributed by atoms with Crippen LogP contribution in [0, 0.1) is 0 Å². The number of para-hydroxylation sites is 1. The summed E-state index contributed by atoms with van der Waals surface area (Å²) in [7, 11) is -3.50. The standard InChI is InChI=1S/C17H22N6O6S/c24-14-12-23(13-4-2-1-3-5-13)21-15(14)16(25)19-20-17(26)18-6-11-30(27,28)22-7-9-29-10-8-22/h1-5,12,24H,6-11H2,(H,19,25)(H2,18,20,26). The van der Waals surface area contributed by atoms with Crippen LogP contribution in [-0.2, 0) is 14.8 Å². The van der Waals surface area contributed by atoms with Crippen molar-refractivity contribution in [2.45, 2.75) is 0 Å². The second-order valence-corrected chi connectivity index (χ2v) is 8.39. The molecule has 1 aliphatic rings. The van der Waals surface area contributed by atoms with E-state index in [1.165, 1.54) is 15.2 Å². The molecule has 0 atom stereocenters. The van der Waals surface area contributed by atoms with Crippen molar-refractivity contribution in [3.8, 4) is 11.4 Å². The maximum Gasteiger partial charge on any atom is 0.333 e. The number of aromatic nitrogens is 2. The van der Waals surface area contributed by atoms with E-state index in [0.717, 1.165) is 0 Å². The molecule has 0 aliphatic carbocycles. The second-order valence-electron chi connectivity index (χ2n) is 6.31. The molecule has 0 spiro atoms. The summed E-state index contributed by atoms with van der Waals surface area (Å²) in [5.41, 5.74) is 4.54. The number of carbonyl (C=O) groups is 2. The van der Waals surface area contributed by atoms with Crippen molar-refractivity contribution in [1.82, 2.24) is 30.3 Å².